The van der Waals surface area contributed by atoms with Crippen LogP contribution in [0, 0.1) is 0 Å². The lowest BCUT2D eigenvalue weighted by molar-refractivity contribution is -0.152. The number of benzene rings is 1. The minimum atomic E-state index is -3.73. The fraction of sp³-hybridized carbons (Fsp3) is 0.652. The van der Waals surface area contributed by atoms with Gasteiger partial charge in [-0.25, -0.2) is 13.2 Å². The second-order valence-electron chi connectivity index (χ2n) is 8.50. The van der Waals surface area contributed by atoms with Crippen molar-refractivity contribution in [1.29, 1.82) is 0 Å². The minimum absolute atomic E-state index is 0.0548. The molecule has 2 aliphatic rings. The average Bonchev–Trinajstić information content (AvgIpc) is 3.09. The number of sulfonamides is 1. The van der Waals surface area contributed by atoms with Gasteiger partial charge in [-0.3, -0.25) is 4.79 Å². The van der Waals surface area contributed by atoms with Gasteiger partial charge < -0.3 is 14.8 Å². The van der Waals surface area contributed by atoms with Crippen molar-refractivity contribution in [3.05, 3.63) is 23.8 Å². The Morgan fingerprint density at radius 2 is 1.66 bits per heavy atom. The number of ether oxygens (including phenoxy) is 2. The van der Waals surface area contributed by atoms with Gasteiger partial charge in [0.15, 0.2) is 0 Å². The Hall–Kier alpha value is -2.13. The van der Waals surface area contributed by atoms with E-state index in [4.69, 9.17) is 9.47 Å². The number of carbonyl (C=O) groups excluding carboxylic acids is 2. The Kier molecular flexibility index (Phi) is 8.16. The number of carbonyl (C=O) groups is 2. The molecule has 1 amide bonds. The van der Waals surface area contributed by atoms with Crippen molar-refractivity contribution in [3.8, 4) is 5.75 Å². The molecule has 1 aliphatic heterocycles. The van der Waals surface area contributed by atoms with E-state index >= 15 is 0 Å². The summed E-state index contributed by atoms with van der Waals surface area (Å²) in [4.78, 5) is 26.1. The summed E-state index contributed by atoms with van der Waals surface area (Å²) < 4.78 is 38.6. The highest BCUT2D eigenvalue weighted by molar-refractivity contribution is 7.89. The van der Waals surface area contributed by atoms with Crippen molar-refractivity contribution >= 4 is 21.9 Å². The standard InChI is InChI=1S/C23H34N2O6S/c1-3-31-22(27)23(13-7-6-8-14-23)24-21(26)19-17-18(11-12-20(19)30-2)32(28,29)25-15-9-4-5-10-16-25/h11-12,17H,3-10,13-16H2,1-2H3,(H,24,26). The Labute approximate surface area is 190 Å². The Balaban J connectivity index is 1.92. The third-order valence-corrected chi connectivity index (χ3v) is 8.24. The number of methoxy groups -OCH3 is 1. The number of nitrogens with one attached hydrogen (secondary N) is 1. The lowest BCUT2D eigenvalue weighted by Crippen LogP contribution is -2.56. The number of hydrogen-bond acceptors (Lipinski definition) is 6. The van der Waals surface area contributed by atoms with Gasteiger partial charge in [-0.05, 0) is 50.8 Å². The van der Waals surface area contributed by atoms with Crippen LogP contribution in [0.5, 0.6) is 5.75 Å². The second kappa shape index (κ2) is 10.7. The van der Waals surface area contributed by atoms with Gasteiger partial charge in [-0.2, -0.15) is 4.31 Å². The normalized spacial score (nSPS) is 19.6. The summed E-state index contributed by atoms with van der Waals surface area (Å²) in [5, 5.41) is 2.87. The maximum atomic E-state index is 13.3. The van der Waals surface area contributed by atoms with E-state index in [0.717, 1.165) is 44.9 Å². The summed E-state index contributed by atoms with van der Waals surface area (Å²) in [5.41, 5.74) is -1.01. The zero-order valence-electron chi connectivity index (χ0n) is 19.0. The van der Waals surface area contributed by atoms with Crippen molar-refractivity contribution in [3.63, 3.8) is 0 Å². The molecule has 178 valence electrons. The van der Waals surface area contributed by atoms with Gasteiger partial charge in [-0.15, -0.1) is 0 Å². The number of esters is 1. The largest absolute Gasteiger partial charge is 0.496 e. The summed E-state index contributed by atoms with van der Waals surface area (Å²) in [5.74, 6) is -0.725. The quantitative estimate of drug-likeness (QED) is 0.619. The van der Waals surface area contributed by atoms with Crippen molar-refractivity contribution in [1.82, 2.24) is 9.62 Å². The predicted octanol–water partition coefficient (Wildman–Crippen LogP) is 3.26. The van der Waals surface area contributed by atoms with Gasteiger partial charge in [0.2, 0.25) is 10.0 Å². The zero-order chi connectivity index (χ0) is 23.2. The first-order valence-electron chi connectivity index (χ1n) is 11.5. The maximum Gasteiger partial charge on any atom is 0.331 e. The molecule has 2 fully saturated rings. The number of rotatable bonds is 7. The number of nitrogens with zero attached hydrogens (tertiary/aromatic N) is 1. The monoisotopic (exact) mass is 466 g/mol. The first-order valence-corrected chi connectivity index (χ1v) is 13.0. The summed E-state index contributed by atoms with van der Waals surface area (Å²) in [7, 11) is -2.31. The third kappa shape index (κ3) is 5.26. The van der Waals surface area contributed by atoms with E-state index in [0.29, 0.717) is 25.9 Å². The van der Waals surface area contributed by atoms with E-state index in [1.807, 2.05) is 0 Å². The average molecular weight is 467 g/mol. The lowest BCUT2D eigenvalue weighted by Gasteiger charge is -2.35. The highest BCUT2D eigenvalue weighted by Crippen LogP contribution is 2.32. The van der Waals surface area contributed by atoms with Crippen molar-refractivity contribution in [2.75, 3.05) is 26.8 Å². The molecule has 0 unspecified atom stereocenters. The van der Waals surface area contributed by atoms with Gasteiger partial charge >= 0.3 is 5.97 Å². The second-order valence-corrected chi connectivity index (χ2v) is 10.4. The van der Waals surface area contributed by atoms with E-state index in [2.05, 4.69) is 5.32 Å². The third-order valence-electron chi connectivity index (χ3n) is 6.34. The molecule has 32 heavy (non-hydrogen) atoms. The van der Waals surface area contributed by atoms with E-state index in [1.54, 1.807) is 6.92 Å². The fourth-order valence-corrected chi connectivity index (χ4v) is 6.09. The van der Waals surface area contributed by atoms with E-state index in [1.165, 1.54) is 29.6 Å². The van der Waals surface area contributed by atoms with E-state index in [9.17, 15) is 18.0 Å². The van der Waals surface area contributed by atoms with Gasteiger partial charge in [-0.1, -0.05) is 32.1 Å². The van der Waals surface area contributed by atoms with Crippen molar-refractivity contribution in [2.45, 2.75) is 75.1 Å². The molecular formula is C23H34N2O6S. The van der Waals surface area contributed by atoms with Crippen LogP contribution in [0.3, 0.4) is 0 Å². The Bertz CT molecular complexity index is 916. The summed E-state index contributed by atoms with van der Waals surface area (Å²) in [6.07, 6.45) is 7.26. The van der Waals surface area contributed by atoms with Crippen molar-refractivity contribution in [2.24, 2.45) is 0 Å². The summed E-state index contributed by atoms with van der Waals surface area (Å²) in [6.45, 7) is 2.91. The Morgan fingerprint density at radius 1 is 1.03 bits per heavy atom. The van der Waals surface area contributed by atoms with Crippen LogP contribution in [-0.4, -0.2) is 56.9 Å². The smallest absolute Gasteiger partial charge is 0.331 e. The van der Waals surface area contributed by atoms with Crippen LogP contribution >= 0.6 is 0 Å². The minimum Gasteiger partial charge on any atom is -0.496 e. The molecule has 0 atom stereocenters. The van der Waals surface area contributed by atoms with Crippen LogP contribution < -0.4 is 10.1 Å². The van der Waals surface area contributed by atoms with Crippen LogP contribution in [0.1, 0.15) is 75.1 Å². The zero-order valence-corrected chi connectivity index (χ0v) is 19.8. The predicted molar refractivity (Wildman–Crippen MR) is 120 cm³/mol. The molecule has 1 saturated carbocycles. The first kappa shape index (κ1) is 24.5. The van der Waals surface area contributed by atoms with Crippen LogP contribution in [-0.2, 0) is 19.6 Å². The van der Waals surface area contributed by atoms with Crippen LogP contribution in [0.25, 0.3) is 0 Å². The molecule has 0 spiro atoms. The molecule has 1 aromatic rings. The SMILES string of the molecule is CCOC(=O)C1(NC(=O)c2cc(S(=O)(=O)N3CCCCCC3)ccc2OC)CCCCC1. The summed E-state index contributed by atoms with van der Waals surface area (Å²) in [6, 6.07) is 4.32. The van der Waals surface area contributed by atoms with E-state index < -0.39 is 27.4 Å². The fourth-order valence-electron chi connectivity index (χ4n) is 4.55. The molecule has 0 radical (unpaired) electrons. The topological polar surface area (TPSA) is 102 Å². The molecule has 3 rings (SSSR count). The number of hydrogen-bond donors (Lipinski definition) is 1. The molecule has 0 aromatic heterocycles. The van der Waals surface area contributed by atoms with Crippen LogP contribution in [0.2, 0.25) is 0 Å². The molecule has 1 heterocycles. The molecule has 8 nitrogen and oxygen atoms in total. The number of amides is 1. The molecule has 1 aliphatic carbocycles. The van der Waals surface area contributed by atoms with Crippen LogP contribution in [0.4, 0.5) is 0 Å². The van der Waals surface area contributed by atoms with Gasteiger partial charge in [0.05, 0.1) is 24.2 Å². The highest BCUT2D eigenvalue weighted by Gasteiger charge is 2.43. The molecule has 0 bridgehead atoms. The molecule has 1 N–H and O–H groups in total. The molecular weight excluding hydrogens is 432 g/mol. The maximum absolute atomic E-state index is 13.3. The lowest BCUT2D eigenvalue weighted by atomic mass is 9.81. The van der Waals surface area contributed by atoms with Gasteiger partial charge in [0.1, 0.15) is 11.3 Å². The van der Waals surface area contributed by atoms with Crippen molar-refractivity contribution < 1.29 is 27.5 Å². The highest BCUT2D eigenvalue weighted by atomic mass is 32.2. The van der Waals surface area contributed by atoms with Gasteiger partial charge in [0, 0.05) is 13.1 Å². The molecule has 9 heteroatoms. The van der Waals surface area contributed by atoms with Gasteiger partial charge in [0.25, 0.3) is 5.91 Å². The molecule has 1 saturated heterocycles. The first-order chi connectivity index (χ1) is 15.3. The van der Waals surface area contributed by atoms with Crippen LogP contribution in [0.15, 0.2) is 23.1 Å². The molecule has 1 aromatic carbocycles. The summed E-state index contributed by atoms with van der Waals surface area (Å²) >= 11 is 0. The van der Waals surface area contributed by atoms with E-state index in [-0.39, 0.29) is 22.8 Å². The Morgan fingerprint density at radius 3 is 2.25 bits per heavy atom.